The summed E-state index contributed by atoms with van der Waals surface area (Å²) < 4.78 is 24.9. The minimum Gasteiger partial charge on any atom is -0.400 e. The van der Waals surface area contributed by atoms with Crippen molar-refractivity contribution in [2.75, 3.05) is 0 Å². The van der Waals surface area contributed by atoms with Crippen molar-refractivity contribution in [3.63, 3.8) is 0 Å². The lowest BCUT2D eigenvalue weighted by atomic mass is 9.68. The second-order valence-corrected chi connectivity index (χ2v) is 9.20. The first-order valence-corrected chi connectivity index (χ1v) is 9.33. The van der Waals surface area contributed by atoms with Gasteiger partial charge in [-0.3, -0.25) is 0 Å². The molecule has 0 bridgehead atoms. The molecule has 2 fully saturated rings. The fraction of sp³-hybridized carbons (Fsp3) is 0.600. The number of rotatable bonds is 3. The maximum atomic E-state index is 6.29. The molecular formula is C20H30B2O4. The Morgan fingerprint density at radius 1 is 0.692 bits per heavy atom. The van der Waals surface area contributed by atoms with Crippen LogP contribution < -0.4 is 0 Å². The predicted molar refractivity (Wildman–Crippen MR) is 107 cm³/mol. The van der Waals surface area contributed by atoms with Gasteiger partial charge in [0.25, 0.3) is 0 Å². The first kappa shape index (κ1) is 19.7. The van der Waals surface area contributed by atoms with E-state index in [1.807, 2.05) is 24.2 Å². The normalized spacial score (nSPS) is 26.4. The molecule has 4 nitrogen and oxygen atoms in total. The summed E-state index contributed by atoms with van der Waals surface area (Å²) in [5.41, 5.74) is 0.407. The Morgan fingerprint density at radius 2 is 1.12 bits per heavy atom. The van der Waals surface area contributed by atoms with E-state index in [-0.39, 0.29) is 11.2 Å². The molecule has 2 saturated heterocycles. The van der Waals surface area contributed by atoms with E-state index in [1.54, 1.807) is 0 Å². The van der Waals surface area contributed by atoms with Crippen LogP contribution in [0.15, 0.2) is 36.3 Å². The molecule has 0 radical (unpaired) electrons. The zero-order valence-corrected chi connectivity index (χ0v) is 17.3. The Bertz CT molecular complexity index is 663. The molecule has 140 valence electrons. The lowest BCUT2D eigenvalue weighted by Gasteiger charge is -2.32. The summed E-state index contributed by atoms with van der Waals surface area (Å²) in [6.45, 7) is 16.5. The summed E-state index contributed by atoms with van der Waals surface area (Å²) in [4.78, 5) is 0. The van der Waals surface area contributed by atoms with Crippen molar-refractivity contribution in [1.82, 2.24) is 0 Å². The quantitative estimate of drug-likeness (QED) is 0.756. The van der Waals surface area contributed by atoms with E-state index in [1.165, 1.54) is 0 Å². The van der Waals surface area contributed by atoms with Crippen molar-refractivity contribution in [3.05, 3.63) is 41.9 Å². The van der Waals surface area contributed by atoms with Crippen molar-refractivity contribution in [2.24, 2.45) is 0 Å². The van der Waals surface area contributed by atoms with Gasteiger partial charge in [0.1, 0.15) is 0 Å². The molecule has 0 spiro atoms. The Hall–Kier alpha value is -1.07. The molecular weight excluding hydrogens is 326 g/mol. The molecule has 0 N–H and O–H groups in total. The van der Waals surface area contributed by atoms with Crippen LogP contribution >= 0.6 is 0 Å². The Morgan fingerprint density at radius 3 is 1.58 bits per heavy atom. The number of hydrogen-bond acceptors (Lipinski definition) is 4. The van der Waals surface area contributed by atoms with Gasteiger partial charge in [-0.2, -0.15) is 0 Å². The zero-order valence-electron chi connectivity index (χ0n) is 17.3. The third kappa shape index (κ3) is 3.40. The Labute approximate surface area is 158 Å². The summed E-state index contributed by atoms with van der Waals surface area (Å²) in [6.07, 6.45) is 0. The molecule has 0 amide bonds. The lowest BCUT2D eigenvalue weighted by Crippen LogP contribution is -2.41. The minimum atomic E-state index is -0.471. The summed E-state index contributed by atoms with van der Waals surface area (Å²) >= 11 is 0. The van der Waals surface area contributed by atoms with Crippen molar-refractivity contribution in [2.45, 2.75) is 77.8 Å². The van der Waals surface area contributed by atoms with Crippen molar-refractivity contribution in [3.8, 4) is 0 Å². The summed E-state index contributed by atoms with van der Waals surface area (Å²) in [6, 6.07) is 10.1. The van der Waals surface area contributed by atoms with Crippen LogP contribution in [0.4, 0.5) is 0 Å². The van der Waals surface area contributed by atoms with Gasteiger partial charge in [0, 0.05) is 0 Å². The van der Waals surface area contributed by atoms with Crippen LogP contribution in [0.2, 0.25) is 0 Å². The third-order valence-electron chi connectivity index (χ3n) is 6.20. The van der Waals surface area contributed by atoms with Gasteiger partial charge >= 0.3 is 14.2 Å². The Kier molecular flexibility index (Phi) is 4.72. The first-order chi connectivity index (χ1) is 11.8. The SMILES string of the molecule is CC1(C)OB(/C=C(/B2OC(C)(C)C(C)(C)O2)c2ccccc2)OC1(C)C. The van der Waals surface area contributed by atoms with Gasteiger partial charge in [-0.25, -0.2) is 0 Å². The fourth-order valence-electron chi connectivity index (χ4n) is 3.01. The smallest absolute Gasteiger partial charge is 0.400 e. The number of benzene rings is 1. The monoisotopic (exact) mass is 356 g/mol. The average Bonchev–Trinajstić information content (AvgIpc) is 2.85. The molecule has 0 aliphatic carbocycles. The molecule has 3 rings (SSSR count). The molecule has 2 heterocycles. The summed E-state index contributed by atoms with van der Waals surface area (Å²) in [5, 5.41) is 0. The minimum absolute atomic E-state index is 0.383. The van der Waals surface area contributed by atoms with Crippen LogP contribution in [0, 0.1) is 0 Å². The molecule has 2 aliphatic rings. The number of hydrogen-bond donors (Lipinski definition) is 0. The Balaban J connectivity index is 1.97. The van der Waals surface area contributed by atoms with E-state index < -0.39 is 25.4 Å². The van der Waals surface area contributed by atoms with E-state index in [9.17, 15) is 0 Å². The third-order valence-corrected chi connectivity index (χ3v) is 6.20. The van der Waals surface area contributed by atoms with Crippen molar-refractivity contribution >= 4 is 19.7 Å². The molecule has 6 heteroatoms. The molecule has 0 unspecified atom stereocenters. The van der Waals surface area contributed by atoms with E-state index in [4.69, 9.17) is 18.6 Å². The van der Waals surface area contributed by atoms with Crippen LogP contribution in [-0.4, -0.2) is 36.6 Å². The van der Waals surface area contributed by atoms with E-state index in [0.717, 1.165) is 11.0 Å². The van der Waals surface area contributed by atoms with Crippen molar-refractivity contribution < 1.29 is 18.6 Å². The topological polar surface area (TPSA) is 36.9 Å². The second kappa shape index (κ2) is 6.23. The summed E-state index contributed by atoms with van der Waals surface area (Å²) in [5.74, 6) is 1.99. The highest BCUT2D eigenvalue weighted by Crippen LogP contribution is 2.42. The highest BCUT2D eigenvalue weighted by molar-refractivity contribution is 6.72. The largest absolute Gasteiger partial charge is 0.494 e. The van der Waals surface area contributed by atoms with Crippen LogP contribution in [0.25, 0.3) is 5.47 Å². The van der Waals surface area contributed by atoms with Gasteiger partial charge < -0.3 is 18.6 Å². The molecule has 1 aromatic carbocycles. The highest BCUT2D eigenvalue weighted by Gasteiger charge is 2.54. The van der Waals surface area contributed by atoms with Crippen molar-refractivity contribution in [1.29, 1.82) is 0 Å². The van der Waals surface area contributed by atoms with E-state index in [2.05, 4.69) is 67.5 Å². The molecule has 1 aromatic rings. The molecule has 26 heavy (non-hydrogen) atoms. The van der Waals surface area contributed by atoms with Gasteiger partial charge in [0.15, 0.2) is 0 Å². The highest BCUT2D eigenvalue weighted by atomic mass is 16.7. The van der Waals surface area contributed by atoms with Crippen LogP contribution in [0.5, 0.6) is 0 Å². The second-order valence-electron chi connectivity index (χ2n) is 9.20. The van der Waals surface area contributed by atoms with Crippen LogP contribution in [0.1, 0.15) is 61.0 Å². The summed E-state index contributed by atoms with van der Waals surface area (Å²) in [7, 11) is -0.921. The molecule has 0 aromatic heterocycles. The maximum absolute atomic E-state index is 6.29. The van der Waals surface area contributed by atoms with E-state index >= 15 is 0 Å². The van der Waals surface area contributed by atoms with Gasteiger partial charge in [-0.1, -0.05) is 36.3 Å². The standard InChI is InChI=1S/C20H30B2O4/c1-17(2)18(3,4)24-21(23-17)14-16(15-12-10-9-11-13-15)22-25-19(5,6)20(7,8)26-22/h9-14H,1-8H3/b16-14+. The van der Waals surface area contributed by atoms with E-state index in [0.29, 0.717) is 0 Å². The lowest BCUT2D eigenvalue weighted by molar-refractivity contribution is 0.00578. The van der Waals surface area contributed by atoms with Crippen LogP contribution in [0.3, 0.4) is 0 Å². The fourth-order valence-corrected chi connectivity index (χ4v) is 3.01. The molecule has 0 saturated carbocycles. The van der Waals surface area contributed by atoms with Gasteiger partial charge in [0.05, 0.1) is 22.4 Å². The van der Waals surface area contributed by atoms with Crippen LogP contribution in [-0.2, 0) is 18.6 Å². The van der Waals surface area contributed by atoms with Gasteiger partial charge in [-0.05, 0) is 66.4 Å². The van der Waals surface area contributed by atoms with Gasteiger partial charge in [0.2, 0.25) is 0 Å². The predicted octanol–water partition coefficient (Wildman–Crippen LogP) is 4.33. The first-order valence-electron chi connectivity index (χ1n) is 9.33. The maximum Gasteiger partial charge on any atom is 0.494 e. The molecule has 2 aliphatic heterocycles. The van der Waals surface area contributed by atoms with Gasteiger partial charge in [-0.15, -0.1) is 0 Å². The molecule has 0 atom stereocenters. The average molecular weight is 356 g/mol. The zero-order chi connectivity index (χ0) is 19.4.